The van der Waals surface area contributed by atoms with Crippen molar-refractivity contribution in [3.8, 4) is 0 Å². The van der Waals surface area contributed by atoms with Crippen LogP contribution in [0, 0.1) is 0 Å². The Balaban J connectivity index is -0.000000229. The molecule has 0 N–H and O–H groups in total. The minimum atomic E-state index is -0.0787. The minimum Gasteiger partial charge on any atom is -0.285 e. The molecule has 0 aromatic rings. The van der Waals surface area contributed by atoms with Crippen LogP contribution in [0.25, 0.3) is 0 Å². The summed E-state index contributed by atoms with van der Waals surface area (Å²) in [5, 5.41) is 0. The zero-order valence-electron chi connectivity index (χ0n) is 13.3. The van der Waals surface area contributed by atoms with Gasteiger partial charge >= 0.3 is 0 Å². The van der Waals surface area contributed by atoms with Gasteiger partial charge in [-0.25, -0.2) is 0 Å². The van der Waals surface area contributed by atoms with Crippen molar-refractivity contribution in [3.05, 3.63) is 0 Å². The standard InChI is InChI=1S/2C4H5NO2.C4H8.C2H6.CH4.B/c2*1-5-3(6)2-4(5)7;1-2-4-3-1;1-2;;/h2*2H2,1H3;1-4H2;1-2H3;1H4;. The Hall–Kier alpha value is -1.66. The highest BCUT2D eigenvalue weighted by molar-refractivity contribution is 6.14. The Morgan fingerprint density at radius 2 is 0.818 bits per heavy atom. The van der Waals surface area contributed by atoms with Crippen molar-refractivity contribution in [2.45, 2.75) is 59.8 Å². The Kier molecular flexibility index (Phi) is 15.0. The minimum absolute atomic E-state index is 0. The fourth-order valence-electron chi connectivity index (χ4n) is 1.08. The molecule has 22 heavy (non-hydrogen) atoms. The van der Waals surface area contributed by atoms with Crippen LogP contribution in [0.3, 0.4) is 0 Å². The predicted octanol–water partition coefficient (Wildman–Crippen LogP) is 1.59. The lowest BCUT2D eigenvalue weighted by atomic mass is 10.0. The molecule has 1 saturated carbocycles. The second-order valence-corrected chi connectivity index (χ2v) is 4.46. The van der Waals surface area contributed by atoms with Crippen molar-refractivity contribution in [1.29, 1.82) is 0 Å². The van der Waals surface area contributed by atoms with Gasteiger partial charge in [-0.2, -0.15) is 0 Å². The maximum atomic E-state index is 10.1. The summed E-state index contributed by atoms with van der Waals surface area (Å²) in [5.74, 6) is -0.315. The molecule has 4 amide bonds. The highest BCUT2D eigenvalue weighted by Crippen LogP contribution is 2.15. The monoisotopic (exact) mass is 311 g/mol. The van der Waals surface area contributed by atoms with E-state index < -0.39 is 0 Å². The zero-order valence-corrected chi connectivity index (χ0v) is 13.3. The van der Waals surface area contributed by atoms with Crippen LogP contribution in [-0.2, 0) is 19.2 Å². The van der Waals surface area contributed by atoms with Gasteiger partial charge in [-0.05, 0) is 0 Å². The number of hydrogen-bond acceptors (Lipinski definition) is 4. The van der Waals surface area contributed by atoms with Gasteiger partial charge in [0.15, 0.2) is 0 Å². The lowest BCUT2D eigenvalue weighted by Gasteiger charge is -2.22. The summed E-state index contributed by atoms with van der Waals surface area (Å²) in [5.41, 5.74) is 0. The highest BCUT2D eigenvalue weighted by atomic mass is 16.2. The largest absolute Gasteiger partial charge is 0.285 e. The molecule has 7 heteroatoms. The number of rotatable bonds is 0. The summed E-state index contributed by atoms with van der Waals surface area (Å²) < 4.78 is 0. The number of imide groups is 2. The normalized spacial score (nSPS) is 17.3. The molecule has 0 bridgehead atoms. The second kappa shape index (κ2) is 13.0. The van der Waals surface area contributed by atoms with E-state index >= 15 is 0 Å². The Morgan fingerprint density at radius 3 is 0.818 bits per heavy atom. The first-order chi connectivity index (χ1) is 9.43. The Morgan fingerprint density at radius 1 is 0.636 bits per heavy atom. The van der Waals surface area contributed by atoms with Gasteiger partial charge in [0.2, 0.25) is 23.6 Å². The van der Waals surface area contributed by atoms with Crippen LogP contribution >= 0.6 is 0 Å². The van der Waals surface area contributed by atoms with Crippen LogP contribution in [0.1, 0.15) is 59.8 Å². The summed E-state index contributed by atoms with van der Waals surface area (Å²) in [6.45, 7) is 4.00. The zero-order chi connectivity index (χ0) is 15.7. The molecular formula is C15H28BN2O4. The molecule has 2 heterocycles. The van der Waals surface area contributed by atoms with Crippen molar-refractivity contribution in [1.82, 2.24) is 9.80 Å². The van der Waals surface area contributed by atoms with E-state index in [0.29, 0.717) is 0 Å². The molecule has 2 aliphatic heterocycles. The average Bonchev–Trinajstić information content (AvgIpc) is 2.40. The number of β-lactam (4-membered cyclic amide) rings is 4. The van der Waals surface area contributed by atoms with Crippen LogP contribution in [0.5, 0.6) is 0 Å². The van der Waals surface area contributed by atoms with E-state index in [0.717, 1.165) is 9.80 Å². The topological polar surface area (TPSA) is 74.8 Å². The number of likely N-dealkylation sites (tertiary alicyclic amines) is 2. The van der Waals surface area contributed by atoms with E-state index in [-0.39, 0.29) is 52.3 Å². The van der Waals surface area contributed by atoms with Gasteiger partial charge in [0.25, 0.3) is 0 Å². The van der Waals surface area contributed by atoms with E-state index in [9.17, 15) is 19.2 Å². The molecule has 2 saturated heterocycles. The number of carbonyl (C=O) groups is 4. The molecule has 0 aromatic carbocycles. The third-order valence-electron chi connectivity index (χ3n) is 3.10. The molecule has 0 atom stereocenters. The molecule has 0 spiro atoms. The molecule has 3 radical (unpaired) electrons. The molecule has 6 nitrogen and oxygen atoms in total. The predicted molar refractivity (Wildman–Crippen MR) is 87.1 cm³/mol. The maximum Gasteiger partial charge on any atom is 0.238 e. The molecule has 0 unspecified atom stereocenters. The van der Waals surface area contributed by atoms with Crippen LogP contribution in [0.15, 0.2) is 0 Å². The summed E-state index contributed by atoms with van der Waals surface area (Å²) >= 11 is 0. The first-order valence-electron chi connectivity index (χ1n) is 7.02. The fourth-order valence-corrected chi connectivity index (χ4v) is 1.08. The first-order valence-corrected chi connectivity index (χ1v) is 7.02. The van der Waals surface area contributed by atoms with Crippen LogP contribution in [0.2, 0.25) is 0 Å². The van der Waals surface area contributed by atoms with Crippen molar-refractivity contribution in [3.63, 3.8) is 0 Å². The third-order valence-corrected chi connectivity index (χ3v) is 3.10. The lowest BCUT2D eigenvalue weighted by molar-refractivity contribution is -0.157. The van der Waals surface area contributed by atoms with Gasteiger partial charge in [-0.3, -0.25) is 29.0 Å². The van der Waals surface area contributed by atoms with E-state index in [1.54, 1.807) is 0 Å². The van der Waals surface area contributed by atoms with E-state index in [4.69, 9.17) is 0 Å². The molecule has 0 aromatic heterocycles. The van der Waals surface area contributed by atoms with Crippen LogP contribution < -0.4 is 0 Å². The van der Waals surface area contributed by atoms with E-state index in [1.165, 1.54) is 39.8 Å². The van der Waals surface area contributed by atoms with Gasteiger partial charge in [0.05, 0.1) is 0 Å². The summed E-state index contributed by atoms with van der Waals surface area (Å²) in [7, 11) is 2.96. The SMILES string of the molecule is C.C1CCC1.CC.CN1C(=O)CC1=O.CN1C(=O)CC1=O.[B]. The first kappa shape index (κ1) is 25.3. The second-order valence-electron chi connectivity index (χ2n) is 4.46. The summed E-state index contributed by atoms with van der Waals surface area (Å²) in [6.07, 6.45) is 6.22. The van der Waals surface area contributed by atoms with Gasteiger partial charge in [-0.1, -0.05) is 47.0 Å². The van der Waals surface area contributed by atoms with Crippen molar-refractivity contribution >= 4 is 32.0 Å². The smallest absolute Gasteiger partial charge is 0.238 e. The van der Waals surface area contributed by atoms with Gasteiger partial charge in [0.1, 0.15) is 12.8 Å². The van der Waals surface area contributed by atoms with Crippen LogP contribution in [0.4, 0.5) is 0 Å². The van der Waals surface area contributed by atoms with Gasteiger partial charge in [-0.15, -0.1) is 0 Å². The Labute approximate surface area is 135 Å². The lowest BCUT2D eigenvalue weighted by Crippen LogP contribution is -2.45. The van der Waals surface area contributed by atoms with Gasteiger partial charge in [0, 0.05) is 22.5 Å². The fraction of sp³-hybridized carbons (Fsp3) is 0.733. The summed E-state index contributed by atoms with van der Waals surface area (Å²) in [4.78, 5) is 42.8. The van der Waals surface area contributed by atoms with E-state index in [1.807, 2.05) is 13.8 Å². The van der Waals surface area contributed by atoms with E-state index in [2.05, 4.69) is 0 Å². The molecule has 125 valence electrons. The number of carbonyl (C=O) groups excluding carboxylic acids is 4. The summed E-state index contributed by atoms with van der Waals surface area (Å²) in [6, 6.07) is 0. The van der Waals surface area contributed by atoms with Crippen molar-refractivity contribution < 1.29 is 19.2 Å². The molecule has 3 fully saturated rings. The van der Waals surface area contributed by atoms with Gasteiger partial charge < -0.3 is 0 Å². The number of hydrogen-bond donors (Lipinski definition) is 0. The van der Waals surface area contributed by atoms with Crippen LogP contribution in [-0.4, -0.2) is 55.9 Å². The van der Waals surface area contributed by atoms with Crippen molar-refractivity contribution in [2.24, 2.45) is 0 Å². The molecule has 3 aliphatic rings. The third kappa shape index (κ3) is 7.95. The molecule has 1 aliphatic carbocycles. The number of nitrogens with zero attached hydrogens (tertiary/aromatic N) is 2. The van der Waals surface area contributed by atoms with Crippen molar-refractivity contribution in [2.75, 3.05) is 14.1 Å². The molecule has 3 rings (SSSR count). The highest BCUT2D eigenvalue weighted by Gasteiger charge is 2.30. The quantitative estimate of drug-likeness (QED) is 0.387. The number of amides is 4. The Bertz CT molecular complexity index is 318. The molecular weight excluding hydrogens is 283 g/mol. The average molecular weight is 311 g/mol. The maximum absolute atomic E-state index is 10.1.